The molecule has 0 saturated carbocycles. The van der Waals surface area contributed by atoms with Gasteiger partial charge in [-0.3, -0.25) is 9.59 Å². The summed E-state index contributed by atoms with van der Waals surface area (Å²) >= 11 is 0. The molecule has 2 aromatic heterocycles. The molecule has 0 aliphatic rings. The van der Waals surface area contributed by atoms with Crippen molar-refractivity contribution in [2.24, 2.45) is 5.41 Å². The second-order valence-corrected chi connectivity index (χ2v) is 5.32. The molecule has 2 aromatic rings. The standard InChI is InChI=1S/C13H17N5O3/c1-4-9-8(5-14-12-16-7-17-18(9)12)10(19)15-6-13(2,3)11(20)21/h5,7H,4,6H2,1-3H3,(H,15,19)(H,20,21). The number of carboxylic acids is 1. The quantitative estimate of drug-likeness (QED) is 0.831. The van der Waals surface area contributed by atoms with Gasteiger partial charge in [0.2, 0.25) is 0 Å². The summed E-state index contributed by atoms with van der Waals surface area (Å²) in [6.45, 7) is 5.03. The summed E-state index contributed by atoms with van der Waals surface area (Å²) in [5.74, 6) is -0.913. The predicted octanol–water partition coefficient (Wildman–Crippen LogP) is 0.527. The highest BCUT2D eigenvalue weighted by atomic mass is 16.4. The highest BCUT2D eigenvalue weighted by molar-refractivity contribution is 5.95. The fourth-order valence-corrected chi connectivity index (χ4v) is 1.83. The van der Waals surface area contributed by atoms with E-state index in [9.17, 15) is 9.59 Å². The van der Waals surface area contributed by atoms with E-state index in [1.165, 1.54) is 17.0 Å². The van der Waals surface area contributed by atoms with E-state index >= 15 is 0 Å². The van der Waals surface area contributed by atoms with Crippen LogP contribution in [0.15, 0.2) is 12.5 Å². The number of hydrogen-bond acceptors (Lipinski definition) is 5. The van der Waals surface area contributed by atoms with Gasteiger partial charge < -0.3 is 10.4 Å². The third kappa shape index (κ3) is 2.83. The molecule has 0 fully saturated rings. The number of fused-ring (bicyclic) bond motifs is 1. The van der Waals surface area contributed by atoms with E-state index in [0.29, 0.717) is 23.5 Å². The first-order chi connectivity index (χ1) is 9.86. The minimum atomic E-state index is -1.03. The second-order valence-electron chi connectivity index (χ2n) is 5.32. The molecule has 2 rings (SSSR count). The van der Waals surface area contributed by atoms with Gasteiger partial charge in [-0.2, -0.15) is 10.1 Å². The predicted molar refractivity (Wildman–Crippen MR) is 73.9 cm³/mol. The Kier molecular flexibility index (Phi) is 3.88. The molecule has 8 nitrogen and oxygen atoms in total. The third-order valence-corrected chi connectivity index (χ3v) is 3.25. The molecular weight excluding hydrogens is 274 g/mol. The van der Waals surface area contributed by atoms with E-state index < -0.39 is 11.4 Å². The maximum Gasteiger partial charge on any atom is 0.310 e. The van der Waals surface area contributed by atoms with Crippen LogP contribution in [0.3, 0.4) is 0 Å². The second kappa shape index (κ2) is 5.47. The normalized spacial score (nSPS) is 11.6. The summed E-state index contributed by atoms with van der Waals surface area (Å²) in [7, 11) is 0. The Balaban J connectivity index is 2.25. The number of aryl methyl sites for hydroxylation is 1. The van der Waals surface area contributed by atoms with Gasteiger partial charge in [-0.05, 0) is 20.3 Å². The molecular formula is C13H17N5O3. The molecule has 2 heterocycles. The zero-order valence-corrected chi connectivity index (χ0v) is 12.1. The van der Waals surface area contributed by atoms with Crippen molar-refractivity contribution in [2.75, 3.05) is 6.54 Å². The van der Waals surface area contributed by atoms with Crippen LogP contribution in [0.4, 0.5) is 0 Å². The molecule has 112 valence electrons. The van der Waals surface area contributed by atoms with Crippen molar-refractivity contribution in [1.29, 1.82) is 0 Å². The van der Waals surface area contributed by atoms with Crippen molar-refractivity contribution >= 4 is 17.7 Å². The number of amides is 1. The van der Waals surface area contributed by atoms with Crippen LogP contribution in [0.2, 0.25) is 0 Å². The van der Waals surface area contributed by atoms with Crippen LogP contribution in [-0.2, 0) is 11.2 Å². The third-order valence-electron chi connectivity index (χ3n) is 3.25. The number of nitrogens with zero attached hydrogens (tertiary/aromatic N) is 4. The van der Waals surface area contributed by atoms with Gasteiger partial charge in [0.25, 0.3) is 11.7 Å². The number of hydrogen-bond donors (Lipinski definition) is 2. The molecule has 0 bridgehead atoms. The SMILES string of the molecule is CCc1c(C(=O)NCC(C)(C)C(=O)O)cnc2ncnn12. The Hall–Kier alpha value is -2.51. The molecule has 0 aliphatic carbocycles. The highest BCUT2D eigenvalue weighted by Gasteiger charge is 2.28. The minimum absolute atomic E-state index is 0.0275. The van der Waals surface area contributed by atoms with Gasteiger partial charge in [0.1, 0.15) is 6.33 Å². The van der Waals surface area contributed by atoms with Crippen molar-refractivity contribution in [1.82, 2.24) is 24.9 Å². The molecule has 1 amide bonds. The van der Waals surface area contributed by atoms with Crippen molar-refractivity contribution < 1.29 is 14.7 Å². The van der Waals surface area contributed by atoms with E-state index in [0.717, 1.165) is 0 Å². The van der Waals surface area contributed by atoms with Crippen molar-refractivity contribution in [3.63, 3.8) is 0 Å². The molecule has 0 aliphatic heterocycles. The molecule has 0 radical (unpaired) electrons. The summed E-state index contributed by atoms with van der Waals surface area (Å²) in [6, 6.07) is 0. The topological polar surface area (TPSA) is 109 Å². The number of carbonyl (C=O) groups is 2. The Morgan fingerprint density at radius 2 is 2.10 bits per heavy atom. The Bertz CT molecular complexity index is 692. The molecule has 0 atom stereocenters. The maximum absolute atomic E-state index is 12.3. The van der Waals surface area contributed by atoms with Crippen LogP contribution in [0.5, 0.6) is 0 Å². The van der Waals surface area contributed by atoms with Crippen LogP contribution in [0, 0.1) is 5.41 Å². The van der Waals surface area contributed by atoms with E-state index in [2.05, 4.69) is 20.4 Å². The highest BCUT2D eigenvalue weighted by Crippen LogP contribution is 2.14. The first kappa shape index (κ1) is 14.9. The maximum atomic E-state index is 12.3. The molecule has 0 saturated heterocycles. The molecule has 0 aromatic carbocycles. The van der Waals surface area contributed by atoms with Crippen LogP contribution < -0.4 is 5.32 Å². The monoisotopic (exact) mass is 291 g/mol. The van der Waals surface area contributed by atoms with Crippen LogP contribution >= 0.6 is 0 Å². The number of aliphatic carboxylic acids is 1. The smallest absolute Gasteiger partial charge is 0.310 e. The van der Waals surface area contributed by atoms with Crippen molar-refractivity contribution in [2.45, 2.75) is 27.2 Å². The van der Waals surface area contributed by atoms with E-state index in [1.54, 1.807) is 13.8 Å². The molecule has 0 unspecified atom stereocenters. The first-order valence-electron chi connectivity index (χ1n) is 6.56. The molecule has 8 heteroatoms. The average Bonchev–Trinajstić information content (AvgIpc) is 2.91. The van der Waals surface area contributed by atoms with E-state index in [-0.39, 0.29) is 12.5 Å². The van der Waals surface area contributed by atoms with E-state index in [4.69, 9.17) is 5.11 Å². The largest absolute Gasteiger partial charge is 0.481 e. The molecule has 2 N–H and O–H groups in total. The van der Waals surface area contributed by atoms with Crippen LogP contribution in [0.1, 0.15) is 36.8 Å². The van der Waals surface area contributed by atoms with Gasteiger partial charge in [-0.25, -0.2) is 9.50 Å². The number of rotatable bonds is 5. The Morgan fingerprint density at radius 1 is 1.38 bits per heavy atom. The summed E-state index contributed by atoms with van der Waals surface area (Å²) in [4.78, 5) is 31.3. The zero-order chi connectivity index (χ0) is 15.6. The van der Waals surface area contributed by atoms with Crippen molar-refractivity contribution in [3.05, 3.63) is 23.8 Å². The number of nitrogens with one attached hydrogen (secondary N) is 1. The lowest BCUT2D eigenvalue weighted by molar-refractivity contribution is -0.146. The number of aromatic nitrogens is 4. The molecule has 21 heavy (non-hydrogen) atoms. The minimum Gasteiger partial charge on any atom is -0.481 e. The Morgan fingerprint density at radius 3 is 2.71 bits per heavy atom. The number of carboxylic acid groups (broad SMARTS) is 1. The van der Waals surface area contributed by atoms with Gasteiger partial charge in [0.05, 0.1) is 16.7 Å². The summed E-state index contributed by atoms with van der Waals surface area (Å²) < 4.78 is 1.51. The van der Waals surface area contributed by atoms with E-state index in [1.807, 2.05) is 6.92 Å². The lowest BCUT2D eigenvalue weighted by Crippen LogP contribution is -2.39. The number of carbonyl (C=O) groups excluding carboxylic acids is 1. The summed E-state index contributed by atoms with van der Waals surface area (Å²) in [5.41, 5.74) is 0.0205. The van der Waals surface area contributed by atoms with Crippen LogP contribution in [-0.4, -0.2) is 43.1 Å². The van der Waals surface area contributed by atoms with Gasteiger partial charge >= 0.3 is 5.97 Å². The first-order valence-corrected chi connectivity index (χ1v) is 6.56. The lowest BCUT2D eigenvalue weighted by atomic mass is 9.94. The van der Waals surface area contributed by atoms with Gasteiger partial charge in [0.15, 0.2) is 0 Å². The molecule has 0 spiro atoms. The van der Waals surface area contributed by atoms with Crippen molar-refractivity contribution in [3.8, 4) is 0 Å². The summed E-state index contributed by atoms with van der Waals surface area (Å²) in [5, 5.41) is 15.7. The van der Waals surface area contributed by atoms with Crippen LogP contribution in [0.25, 0.3) is 5.78 Å². The van der Waals surface area contributed by atoms with Gasteiger partial charge in [-0.15, -0.1) is 0 Å². The lowest BCUT2D eigenvalue weighted by Gasteiger charge is -2.19. The Labute approximate surface area is 121 Å². The zero-order valence-electron chi connectivity index (χ0n) is 12.1. The van der Waals surface area contributed by atoms with Gasteiger partial charge in [0, 0.05) is 12.7 Å². The van der Waals surface area contributed by atoms with Gasteiger partial charge in [-0.1, -0.05) is 6.92 Å². The average molecular weight is 291 g/mol. The summed E-state index contributed by atoms with van der Waals surface area (Å²) in [6.07, 6.45) is 3.39. The fourth-order valence-electron chi connectivity index (χ4n) is 1.83. The fraction of sp³-hybridized carbons (Fsp3) is 0.462.